The summed E-state index contributed by atoms with van der Waals surface area (Å²) in [5.41, 5.74) is 11.7. The molecule has 5 heterocycles. The molecule has 0 bridgehead atoms. The summed E-state index contributed by atoms with van der Waals surface area (Å²) in [6.07, 6.45) is 8.45. The maximum Gasteiger partial charge on any atom is 0.156 e. The van der Waals surface area contributed by atoms with Gasteiger partial charge in [-0.05, 0) is 56.0 Å². The molecule has 6 aromatic rings. The lowest BCUT2D eigenvalue weighted by molar-refractivity contribution is 0.502. The van der Waals surface area contributed by atoms with Gasteiger partial charge in [0.2, 0.25) is 0 Å². The minimum Gasteiger partial charge on any atom is -0.370 e. The van der Waals surface area contributed by atoms with E-state index in [-0.39, 0.29) is 12.1 Å². The first-order chi connectivity index (χ1) is 20.8. The van der Waals surface area contributed by atoms with Crippen LogP contribution in [0, 0.1) is 24.4 Å². The molecule has 0 saturated carbocycles. The second-order valence-corrected chi connectivity index (χ2v) is 11.3. The molecule has 3 N–H and O–H groups in total. The second-order valence-electron chi connectivity index (χ2n) is 11.3. The van der Waals surface area contributed by atoms with Gasteiger partial charge in [0.05, 0.1) is 29.0 Å². The van der Waals surface area contributed by atoms with Crippen molar-refractivity contribution in [2.45, 2.75) is 38.8 Å². The summed E-state index contributed by atoms with van der Waals surface area (Å²) >= 11 is 0. The number of nitrogens with zero attached hydrogens (tertiary/aromatic N) is 5. The van der Waals surface area contributed by atoms with Crippen LogP contribution in [0.1, 0.15) is 37.1 Å². The van der Waals surface area contributed by atoms with E-state index in [0.29, 0.717) is 57.3 Å². The molecule has 10 heteroatoms. The van der Waals surface area contributed by atoms with E-state index in [0.717, 1.165) is 35.9 Å². The first kappa shape index (κ1) is 27.2. The highest BCUT2D eigenvalue weighted by molar-refractivity contribution is 6.09. The molecule has 0 spiro atoms. The Morgan fingerprint density at radius 1 is 0.907 bits per heavy atom. The predicted molar refractivity (Wildman–Crippen MR) is 162 cm³/mol. The maximum absolute atomic E-state index is 16.2. The molecule has 2 aromatic carbocycles. The number of nitrogens with one attached hydrogen (secondary N) is 1. The SMILES string of the molecule is Cc1ccc(C(C)n2cc(-c3ccc4cn[nH]c4c3F)c3c(N4CCC(N)CC4)c(-c4cc(F)cc(F)c4)cnc32)nc1. The van der Waals surface area contributed by atoms with Crippen LogP contribution < -0.4 is 10.6 Å². The molecule has 4 aromatic heterocycles. The number of aromatic amines is 1. The lowest BCUT2D eigenvalue weighted by atomic mass is 9.96. The zero-order valence-electron chi connectivity index (χ0n) is 23.8. The van der Waals surface area contributed by atoms with Gasteiger partial charge in [0.15, 0.2) is 5.82 Å². The smallest absolute Gasteiger partial charge is 0.156 e. The van der Waals surface area contributed by atoms with E-state index in [4.69, 9.17) is 10.7 Å². The highest BCUT2D eigenvalue weighted by Crippen LogP contribution is 2.45. The third kappa shape index (κ3) is 4.71. The van der Waals surface area contributed by atoms with Gasteiger partial charge >= 0.3 is 0 Å². The molecule has 1 unspecified atom stereocenters. The van der Waals surface area contributed by atoms with Gasteiger partial charge in [0.1, 0.15) is 22.8 Å². The van der Waals surface area contributed by atoms with E-state index in [1.54, 1.807) is 18.5 Å². The fourth-order valence-corrected chi connectivity index (χ4v) is 6.13. The van der Waals surface area contributed by atoms with Crippen LogP contribution in [0.2, 0.25) is 0 Å². The van der Waals surface area contributed by atoms with Crippen molar-refractivity contribution >= 4 is 27.6 Å². The lowest BCUT2D eigenvalue weighted by Gasteiger charge is -2.34. The molecule has 0 radical (unpaired) electrons. The van der Waals surface area contributed by atoms with Crippen molar-refractivity contribution in [2.75, 3.05) is 18.0 Å². The zero-order valence-corrected chi connectivity index (χ0v) is 23.8. The highest BCUT2D eigenvalue weighted by atomic mass is 19.1. The van der Waals surface area contributed by atoms with Crippen molar-refractivity contribution in [2.24, 2.45) is 5.73 Å². The number of fused-ring (bicyclic) bond motifs is 2. The van der Waals surface area contributed by atoms with E-state index < -0.39 is 17.5 Å². The fraction of sp³-hybridized carbons (Fsp3) is 0.242. The molecule has 43 heavy (non-hydrogen) atoms. The predicted octanol–water partition coefficient (Wildman–Crippen LogP) is 6.90. The van der Waals surface area contributed by atoms with Crippen LogP contribution in [0.4, 0.5) is 18.9 Å². The number of hydrogen-bond acceptors (Lipinski definition) is 5. The number of nitrogens with two attached hydrogens (primary N) is 1. The third-order valence-corrected chi connectivity index (χ3v) is 8.47. The van der Waals surface area contributed by atoms with Crippen LogP contribution in [0.15, 0.2) is 67.3 Å². The molecular weight excluding hydrogens is 551 g/mol. The Labute approximate surface area is 246 Å². The normalized spacial score (nSPS) is 15.1. The van der Waals surface area contributed by atoms with Gasteiger partial charge in [-0.15, -0.1) is 0 Å². The lowest BCUT2D eigenvalue weighted by Crippen LogP contribution is -2.40. The summed E-state index contributed by atoms with van der Waals surface area (Å²) in [7, 11) is 0. The minimum atomic E-state index is -0.686. The largest absolute Gasteiger partial charge is 0.370 e. The second kappa shape index (κ2) is 10.5. The molecule has 1 aliphatic rings. The quantitative estimate of drug-likeness (QED) is 0.231. The number of anilines is 1. The van der Waals surface area contributed by atoms with Gasteiger partial charge < -0.3 is 15.2 Å². The van der Waals surface area contributed by atoms with Crippen molar-refractivity contribution in [1.29, 1.82) is 0 Å². The number of rotatable bonds is 5. The molecule has 7 rings (SSSR count). The standard InChI is InChI=1S/C33H30F3N7/c1-18-3-6-28(38-14-18)19(2)43-17-27(25-5-4-20-15-40-41-31(20)30(25)36)29-32(42-9-7-24(37)8-10-42)26(16-39-33(29)43)21-11-22(34)13-23(35)12-21/h3-6,11-17,19,24H,7-10,37H2,1-2H3,(H,40,41). The molecule has 0 amide bonds. The number of hydrogen-bond donors (Lipinski definition) is 2. The number of piperidine rings is 1. The van der Waals surface area contributed by atoms with Crippen LogP contribution in [0.3, 0.4) is 0 Å². The summed E-state index contributed by atoms with van der Waals surface area (Å²) in [6, 6.07) is 10.8. The summed E-state index contributed by atoms with van der Waals surface area (Å²) in [5, 5.41) is 8.14. The third-order valence-electron chi connectivity index (χ3n) is 8.47. The van der Waals surface area contributed by atoms with E-state index in [9.17, 15) is 8.78 Å². The zero-order chi connectivity index (χ0) is 29.8. The molecule has 0 aliphatic carbocycles. The minimum absolute atomic E-state index is 0.0561. The average molecular weight is 582 g/mol. The van der Waals surface area contributed by atoms with Gasteiger partial charge in [-0.3, -0.25) is 10.1 Å². The van der Waals surface area contributed by atoms with Gasteiger partial charge in [-0.25, -0.2) is 18.2 Å². The van der Waals surface area contributed by atoms with Crippen molar-refractivity contribution < 1.29 is 13.2 Å². The number of halogens is 3. The van der Waals surface area contributed by atoms with Crippen molar-refractivity contribution in [3.8, 4) is 22.3 Å². The Kier molecular flexibility index (Phi) is 6.65. The van der Waals surface area contributed by atoms with Crippen LogP contribution >= 0.6 is 0 Å². The highest BCUT2D eigenvalue weighted by Gasteiger charge is 2.29. The Bertz CT molecular complexity index is 1950. The first-order valence-electron chi connectivity index (χ1n) is 14.3. The van der Waals surface area contributed by atoms with Gasteiger partial charge in [-0.1, -0.05) is 18.2 Å². The molecule has 7 nitrogen and oxygen atoms in total. The molecule has 218 valence electrons. The van der Waals surface area contributed by atoms with Crippen LogP contribution in [0.5, 0.6) is 0 Å². The average Bonchev–Trinajstić information content (AvgIpc) is 3.63. The monoisotopic (exact) mass is 581 g/mol. The molecule has 1 aliphatic heterocycles. The van der Waals surface area contributed by atoms with Crippen molar-refractivity contribution in [1.82, 2.24) is 24.7 Å². The topological polar surface area (TPSA) is 88.7 Å². The Morgan fingerprint density at radius 2 is 1.67 bits per heavy atom. The maximum atomic E-state index is 16.2. The molecular formula is C33H30F3N7. The van der Waals surface area contributed by atoms with E-state index in [2.05, 4.69) is 20.1 Å². The molecule has 1 saturated heterocycles. The number of benzene rings is 2. The van der Waals surface area contributed by atoms with E-state index >= 15 is 4.39 Å². The Hall–Kier alpha value is -4.70. The van der Waals surface area contributed by atoms with Crippen molar-refractivity contribution in [3.05, 3.63) is 96.0 Å². The van der Waals surface area contributed by atoms with Crippen molar-refractivity contribution in [3.63, 3.8) is 0 Å². The summed E-state index contributed by atoms with van der Waals surface area (Å²) in [5.74, 6) is -1.81. The van der Waals surface area contributed by atoms with E-state index in [1.165, 1.54) is 12.1 Å². The van der Waals surface area contributed by atoms with Crippen LogP contribution in [-0.2, 0) is 0 Å². The molecule has 1 atom stereocenters. The Balaban J connectivity index is 1.56. The van der Waals surface area contributed by atoms with E-state index in [1.807, 2.05) is 49.0 Å². The summed E-state index contributed by atoms with van der Waals surface area (Å²) < 4.78 is 47.3. The summed E-state index contributed by atoms with van der Waals surface area (Å²) in [6.45, 7) is 5.26. The number of aromatic nitrogens is 5. The first-order valence-corrected chi connectivity index (χ1v) is 14.3. The summed E-state index contributed by atoms with van der Waals surface area (Å²) in [4.78, 5) is 11.7. The Morgan fingerprint density at radius 3 is 2.40 bits per heavy atom. The molecule has 1 fully saturated rings. The fourth-order valence-electron chi connectivity index (χ4n) is 6.13. The van der Waals surface area contributed by atoms with Crippen LogP contribution in [0.25, 0.3) is 44.2 Å². The number of H-pyrrole nitrogens is 1. The number of pyridine rings is 2. The van der Waals surface area contributed by atoms with Gasteiger partial charge in [-0.2, -0.15) is 5.10 Å². The van der Waals surface area contributed by atoms with Crippen LogP contribution in [-0.4, -0.2) is 43.9 Å². The van der Waals surface area contributed by atoms with Gasteiger partial charge in [0, 0.05) is 65.9 Å². The van der Waals surface area contributed by atoms with Gasteiger partial charge in [0.25, 0.3) is 0 Å². The number of aryl methyl sites for hydroxylation is 1.